The number of carbonyl (C=O) groups is 1. The predicted octanol–water partition coefficient (Wildman–Crippen LogP) is 3.86. The third-order valence-corrected chi connectivity index (χ3v) is 9.73. The van der Waals surface area contributed by atoms with Gasteiger partial charge in [-0.1, -0.05) is 60.7 Å². The van der Waals surface area contributed by atoms with Gasteiger partial charge in [0.25, 0.3) is 11.1 Å². The van der Waals surface area contributed by atoms with Crippen LogP contribution in [0.2, 0.25) is 0 Å². The number of ketones is 1. The summed E-state index contributed by atoms with van der Waals surface area (Å²) in [7, 11) is 0. The predicted molar refractivity (Wildman–Crippen MR) is 188 cm³/mol. The maximum absolute atomic E-state index is 13.4. The van der Waals surface area contributed by atoms with Crippen molar-refractivity contribution in [3.05, 3.63) is 116 Å². The molecule has 6 rings (SSSR count). The number of anilines is 2. The second kappa shape index (κ2) is 16.5. The second-order valence-corrected chi connectivity index (χ2v) is 13.0. The Balaban J connectivity index is 0.872. The molecule has 0 spiro atoms. The van der Waals surface area contributed by atoms with Crippen LogP contribution in [-0.4, -0.2) is 74.8 Å². The van der Waals surface area contributed by atoms with Crippen molar-refractivity contribution >= 4 is 17.7 Å². The van der Waals surface area contributed by atoms with E-state index in [2.05, 4.69) is 40.4 Å². The van der Waals surface area contributed by atoms with Crippen LogP contribution in [0.5, 0.6) is 0 Å². The molecule has 0 atom stereocenters. The number of aromatic nitrogens is 4. The van der Waals surface area contributed by atoms with Crippen molar-refractivity contribution in [3.63, 3.8) is 0 Å². The summed E-state index contributed by atoms with van der Waals surface area (Å²) in [6, 6.07) is 20.0. The first-order valence-corrected chi connectivity index (χ1v) is 17.2. The number of nitrogens with zero attached hydrogens (tertiary/aromatic N) is 4. The van der Waals surface area contributed by atoms with E-state index in [0.29, 0.717) is 54.7 Å². The Morgan fingerprint density at radius 2 is 1.04 bits per heavy atom. The SMILES string of the molecule is O=C(C1CCN(CCc2cnc(NCc3ccccc3)[nH]c2=O)CC1)C1CCN(CCc2cnc(NCc3ccccc3)[nH]c2=O)CC1. The standard InChI is InChI=1S/C37H46N8O3/c46-33(29-11-17-44(18-12-29)21-15-31-25-40-36(42-34(31)47)38-23-27-7-3-1-4-8-27)30-13-19-45(20-14-30)22-16-32-26-41-37(43-35(32)48)39-24-28-9-5-2-6-10-28/h1-10,25-26,29-30H,11-24H2,(H2,38,40,42,47)(H2,39,41,43,48). The third kappa shape index (κ3) is 9.26. The fraction of sp³-hybridized carbons (Fsp3) is 0.432. The molecular formula is C37H46N8O3. The number of benzene rings is 2. The molecule has 4 aromatic rings. The van der Waals surface area contributed by atoms with Crippen LogP contribution in [0, 0.1) is 11.8 Å². The fourth-order valence-electron chi connectivity index (χ4n) is 6.71. The number of hydrogen-bond donors (Lipinski definition) is 4. The monoisotopic (exact) mass is 650 g/mol. The number of likely N-dealkylation sites (tertiary alicyclic amines) is 2. The lowest BCUT2D eigenvalue weighted by molar-refractivity contribution is -0.129. The van der Waals surface area contributed by atoms with Gasteiger partial charge in [-0.3, -0.25) is 24.4 Å². The molecule has 0 amide bonds. The Bertz CT molecular complexity index is 1600. The molecule has 0 saturated carbocycles. The normalized spacial score (nSPS) is 16.5. The van der Waals surface area contributed by atoms with Crippen molar-refractivity contribution in [3.8, 4) is 0 Å². The molecule has 2 saturated heterocycles. The summed E-state index contributed by atoms with van der Waals surface area (Å²) < 4.78 is 0. The van der Waals surface area contributed by atoms with E-state index in [1.165, 1.54) is 0 Å². The van der Waals surface area contributed by atoms with E-state index in [9.17, 15) is 14.4 Å². The van der Waals surface area contributed by atoms with Gasteiger partial charge in [0.15, 0.2) is 0 Å². The molecule has 252 valence electrons. The molecule has 4 heterocycles. The second-order valence-electron chi connectivity index (χ2n) is 13.0. The zero-order chi connectivity index (χ0) is 33.1. The van der Waals surface area contributed by atoms with Gasteiger partial charge in [0.2, 0.25) is 11.9 Å². The topological polar surface area (TPSA) is 139 Å². The van der Waals surface area contributed by atoms with Gasteiger partial charge in [-0.25, -0.2) is 9.97 Å². The number of hydrogen-bond acceptors (Lipinski definition) is 9. The smallest absolute Gasteiger partial charge is 0.255 e. The van der Waals surface area contributed by atoms with E-state index >= 15 is 0 Å². The van der Waals surface area contributed by atoms with E-state index in [1.807, 2.05) is 60.7 Å². The van der Waals surface area contributed by atoms with Gasteiger partial charge in [-0.15, -0.1) is 0 Å². The van der Waals surface area contributed by atoms with Crippen LogP contribution in [0.3, 0.4) is 0 Å². The highest BCUT2D eigenvalue weighted by molar-refractivity contribution is 5.83. The first-order chi connectivity index (χ1) is 23.5. The highest BCUT2D eigenvalue weighted by Crippen LogP contribution is 2.27. The van der Waals surface area contributed by atoms with E-state index in [1.54, 1.807) is 12.4 Å². The van der Waals surface area contributed by atoms with Gasteiger partial charge in [0.1, 0.15) is 5.78 Å². The Labute approximate surface area is 281 Å². The van der Waals surface area contributed by atoms with Gasteiger partial charge in [-0.05, 0) is 75.8 Å². The summed E-state index contributed by atoms with van der Waals surface area (Å²) in [5.41, 5.74) is 3.39. The summed E-state index contributed by atoms with van der Waals surface area (Å²) in [5.74, 6) is 1.62. The number of aromatic amines is 2. The Kier molecular flexibility index (Phi) is 11.4. The first-order valence-electron chi connectivity index (χ1n) is 17.2. The number of Topliss-reactive ketones (excluding diaryl/α,β-unsaturated/α-hetero) is 1. The summed E-state index contributed by atoms with van der Waals surface area (Å²) >= 11 is 0. The van der Waals surface area contributed by atoms with Crippen molar-refractivity contribution in [2.24, 2.45) is 11.8 Å². The molecule has 2 aliphatic heterocycles. The Morgan fingerprint density at radius 3 is 1.42 bits per heavy atom. The number of carbonyl (C=O) groups excluding carboxylic acids is 1. The lowest BCUT2D eigenvalue weighted by Gasteiger charge is -2.36. The third-order valence-electron chi connectivity index (χ3n) is 9.73. The van der Waals surface area contributed by atoms with Crippen LogP contribution in [0.4, 0.5) is 11.9 Å². The molecule has 0 bridgehead atoms. The van der Waals surface area contributed by atoms with Crippen LogP contribution in [-0.2, 0) is 30.7 Å². The molecule has 48 heavy (non-hydrogen) atoms. The van der Waals surface area contributed by atoms with Crippen LogP contribution in [0.25, 0.3) is 0 Å². The fourth-order valence-corrected chi connectivity index (χ4v) is 6.71. The molecule has 2 aliphatic rings. The summed E-state index contributed by atoms with van der Waals surface area (Å²) in [5, 5.41) is 6.35. The van der Waals surface area contributed by atoms with Crippen molar-refractivity contribution in [1.82, 2.24) is 29.7 Å². The number of H-pyrrole nitrogens is 2. The van der Waals surface area contributed by atoms with Crippen molar-refractivity contribution in [2.45, 2.75) is 51.6 Å². The summed E-state index contributed by atoms with van der Waals surface area (Å²) in [6.45, 7) is 6.26. The van der Waals surface area contributed by atoms with Gasteiger partial charge >= 0.3 is 0 Å². The van der Waals surface area contributed by atoms with Crippen molar-refractivity contribution in [2.75, 3.05) is 49.9 Å². The highest BCUT2D eigenvalue weighted by atomic mass is 16.1. The minimum atomic E-state index is -0.106. The molecule has 11 nitrogen and oxygen atoms in total. The molecular weight excluding hydrogens is 604 g/mol. The molecule has 2 aromatic heterocycles. The van der Waals surface area contributed by atoms with Crippen molar-refractivity contribution in [1.29, 1.82) is 0 Å². The first kappa shape index (κ1) is 33.3. The number of piperidine rings is 2. The maximum atomic E-state index is 13.4. The molecule has 0 aliphatic carbocycles. The largest absolute Gasteiger partial charge is 0.352 e. The number of rotatable bonds is 14. The lowest BCUT2D eigenvalue weighted by Crippen LogP contribution is -2.42. The van der Waals surface area contributed by atoms with Crippen LogP contribution in [0.15, 0.2) is 82.6 Å². The molecule has 2 aromatic carbocycles. The van der Waals surface area contributed by atoms with Gasteiger partial charge in [0.05, 0.1) is 0 Å². The lowest BCUT2D eigenvalue weighted by atomic mass is 9.81. The van der Waals surface area contributed by atoms with Gasteiger partial charge in [-0.2, -0.15) is 0 Å². The maximum Gasteiger partial charge on any atom is 0.255 e. The summed E-state index contributed by atoms with van der Waals surface area (Å²) in [4.78, 5) is 57.9. The van der Waals surface area contributed by atoms with Gasteiger partial charge < -0.3 is 20.4 Å². The van der Waals surface area contributed by atoms with E-state index < -0.39 is 0 Å². The minimum absolute atomic E-state index is 0.106. The average molecular weight is 651 g/mol. The van der Waals surface area contributed by atoms with Crippen LogP contribution < -0.4 is 21.8 Å². The van der Waals surface area contributed by atoms with E-state index in [0.717, 1.165) is 76.1 Å². The molecule has 4 N–H and O–H groups in total. The number of nitrogens with one attached hydrogen (secondary N) is 4. The van der Waals surface area contributed by atoms with Crippen LogP contribution in [0.1, 0.15) is 47.9 Å². The van der Waals surface area contributed by atoms with E-state index in [-0.39, 0.29) is 23.0 Å². The molecule has 11 heteroatoms. The average Bonchev–Trinajstić information content (AvgIpc) is 3.13. The molecule has 0 unspecified atom stereocenters. The minimum Gasteiger partial charge on any atom is -0.352 e. The zero-order valence-corrected chi connectivity index (χ0v) is 27.5. The van der Waals surface area contributed by atoms with Crippen LogP contribution >= 0.6 is 0 Å². The van der Waals surface area contributed by atoms with E-state index in [4.69, 9.17) is 0 Å². The van der Waals surface area contributed by atoms with Crippen molar-refractivity contribution < 1.29 is 4.79 Å². The summed E-state index contributed by atoms with van der Waals surface area (Å²) in [6.07, 6.45) is 8.12. The highest BCUT2D eigenvalue weighted by Gasteiger charge is 2.32. The molecule has 2 fully saturated rings. The van der Waals surface area contributed by atoms with Gasteiger partial charge in [0, 0.05) is 61.5 Å². The zero-order valence-electron chi connectivity index (χ0n) is 27.5. The quantitative estimate of drug-likeness (QED) is 0.160. The molecule has 0 radical (unpaired) electrons. The Hall–Kier alpha value is -4.61. The Morgan fingerprint density at radius 1 is 0.646 bits per heavy atom.